The minimum absolute atomic E-state index is 0.335. The van der Waals surface area contributed by atoms with E-state index in [0.29, 0.717) is 5.56 Å². The zero-order valence-electron chi connectivity index (χ0n) is 10.2. The normalized spacial score (nSPS) is 27.1. The summed E-state index contributed by atoms with van der Waals surface area (Å²) in [5.74, 6) is 1.16. The second kappa shape index (κ2) is 4.68. The number of likely N-dealkylation sites (tertiary alicyclic amines) is 1. The van der Waals surface area contributed by atoms with E-state index in [4.69, 9.17) is 5.26 Å². The largest absolute Gasteiger partial charge is 0.316 e. The first kappa shape index (κ1) is 11.6. The van der Waals surface area contributed by atoms with Gasteiger partial charge in [0.05, 0.1) is 11.6 Å². The van der Waals surface area contributed by atoms with Crippen LogP contribution >= 0.6 is 0 Å². The van der Waals surface area contributed by atoms with Gasteiger partial charge in [-0.3, -0.25) is 4.90 Å². The van der Waals surface area contributed by atoms with Crippen LogP contribution in [0.4, 0.5) is 4.39 Å². The SMILES string of the molecule is N#Cc1cc(F)ccc1CN1C[C@H]2CNC[C@H]2C1. The zero-order chi connectivity index (χ0) is 12.5. The number of halogens is 1. The Hall–Kier alpha value is -1.44. The minimum Gasteiger partial charge on any atom is -0.316 e. The first-order chi connectivity index (χ1) is 8.76. The van der Waals surface area contributed by atoms with Crippen molar-refractivity contribution in [3.63, 3.8) is 0 Å². The molecule has 0 amide bonds. The van der Waals surface area contributed by atoms with Crippen molar-refractivity contribution in [2.45, 2.75) is 6.54 Å². The Morgan fingerprint density at radius 3 is 2.72 bits per heavy atom. The third kappa shape index (κ3) is 2.12. The number of nitrogens with zero attached hydrogens (tertiary/aromatic N) is 2. The van der Waals surface area contributed by atoms with Crippen LogP contribution in [-0.2, 0) is 6.54 Å². The van der Waals surface area contributed by atoms with Gasteiger partial charge in [-0.05, 0) is 42.6 Å². The molecule has 4 heteroatoms. The number of fused-ring (bicyclic) bond motifs is 1. The van der Waals surface area contributed by atoms with Crippen molar-refractivity contribution in [3.05, 3.63) is 35.1 Å². The molecule has 1 aromatic carbocycles. The summed E-state index contributed by atoms with van der Waals surface area (Å²) < 4.78 is 13.1. The van der Waals surface area contributed by atoms with Gasteiger partial charge in [0.25, 0.3) is 0 Å². The molecule has 0 aromatic heterocycles. The maximum atomic E-state index is 13.1. The first-order valence-electron chi connectivity index (χ1n) is 6.38. The highest BCUT2D eigenvalue weighted by Crippen LogP contribution is 2.27. The van der Waals surface area contributed by atoms with Crippen molar-refractivity contribution in [1.82, 2.24) is 10.2 Å². The quantitative estimate of drug-likeness (QED) is 0.855. The second-order valence-electron chi connectivity index (χ2n) is 5.29. The van der Waals surface area contributed by atoms with Crippen LogP contribution in [0.25, 0.3) is 0 Å². The molecule has 18 heavy (non-hydrogen) atoms. The van der Waals surface area contributed by atoms with Gasteiger partial charge in [0.1, 0.15) is 5.82 Å². The van der Waals surface area contributed by atoms with E-state index in [1.165, 1.54) is 12.1 Å². The molecule has 2 aliphatic heterocycles. The summed E-state index contributed by atoms with van der Waals surface area (Å²) in [6.45, 7) is 5.14. The third-order valence-electron chi connectivity index (χ3n) is 4.05. The van der Waals surface area contributed by atoms with Gasteiger partial charge >= 0.3 is 0 Å². The molecular weight excluding hydrogens is 229 g/mol. The van der Waals surface area contributed by atoms with Gasteiger partial charge < -0.3 is 5.32 Å². The van der Waals surface area contributed by atoms with Gasteiger partial charge in [-0.25, -0.2) is 4.39 Å². The van der Waals surface area contributed by atoms with E-state index in [9.17, 15) is 4.39 Å². The molecule has 2 saturated heterocycles. The summed E-state index contributed by atoms with van der Waals surface area (Å²) in [6.07, 6.45) is 0. The van der Waals surface area contributed by atoms with Gasteiger partial charge in [-0.2, -0.15) is 5.26 Å². The summed E-state index contributed by atoms with van der Waals surface area (Å²) in [4.78, 5) is 2.38. The van der Waals surface area contributed by atoms with Crippen molar-refractivity contribution in [1.29, 1.82) is 5.26 Å². The van der Waals surface area contributed by atoms with Crippen LogP contribution in [0.1, 0.15) is 11.1 Å². The van der Waals surface area contributed by atoms with E-state index >= 15 is 0 Å². The topological polar surface area (TPSA) is 39.1 Å². The summed E-state index contributed by atoms with van der Waals surface area (Å²) >= 11 is 0. The molecule has 1 N–H and O–H groups in total. The first-order valence-corrected chi connectivity index (χ1v) is 6.38. The predicted molar refractivity (Wildman–Crippen MR) is 66.2 cm³/mol. The lowest BCUT2D eigenvalue weighted by atomic mass is 10.0. The van der Waals surface area contributed by atoms with Crippen LogP contribution in [0.15, 0.2) is 18.2 Å². The summed E-state index contributed by atoms with van der Waals surface area (Å²) in [6, 6.07) is 6.58. The summed E-state index contributed by atoms with van der Waals surface area (Å²) in [5.41, 5.74) is 1.40. The minimum atomic E-state index is -0.335. The molecule has 1 aromatic rings. The van der Waals surface area contributed by atoms with Gasteiger partial charge in [-0.1, -0.05) is 6.07 Å². The fourth-order valence-corrected chi connectivity index (χ4v) is 3.11. The van der Waals surface area contributed by atoms with Gasteiger partial charge in [0.15, 0.2) is 0 Å². The predicted octanol–water partition coefficient (Wildman–Crippen LogP) is 1.35. The maximum Gasteiger partial charge on any atom is 0.124 e. The number of nitrogens with one attached hydrogen (secondary N) is 1. The fourth-order valence-electron chi connectivity index (χ4n) is 3.11. The molecule has 3 rings (SSSR count). The van der Waals surface area contributed by atoms with E-state index < -0.39 is 0 Å². The lowest BCUT2D eigenvalue weighted by Crippen LogP contribution is -2.25. The second-order valence-corrected chi connectivity index (χ2v) is 5.29. The fraction of sp³-hybridized carbons (Fsp3) is 0.500. The zero-order valence-corrected chi connectivity index (χ0v) is 10.2. The van der Waals surface area contributed by atoms with E-state index in [1.807, 2.05) is 0 Å². The molecule has 2 atom stereocenters. The Kier molecular flexibility index (Phi) is 3.02. The highest BCUT2D eigenvalue weighted by atomic mass is 19.1. The Bertz CT molecular complexity index is 482. The van der Waals surface area contributed by atoms with Crippen LogP contribution in [0, 0.1) is 29.0 Å². The molecular formula is C14H16FN3. The van der Waals surface area contributed by atoms with Crippen molar-refractivity contribution in [2.75, 3.05) is 26.2 Å². The smallest absolute Gasteiger partial charge is 0.124 e. The van der Waals surface area contributed by atoms with Crippen LogP contribution in [0.2, 0.25) is 0 Å². The van der Waals surface area contributed by atoms with Crippen LogP contribution in [0.5, 0.6) is 0 Å². The highest BCUT2D eigenvalue weighted by Gasteiger charge is 2.35. The van der Waals surface area contributed by atoms with Crippen molar-refractivity contribution in [2.24, 2.45) is 11.8 Å². The number of benzene rings is 1. The van der Waals surface area contributed by atoms with E-state index in [-0.39, 0.29) is 5.82 Å². The molecule has 0 bridgehead atoms. The Balaban J connectivity index is 1.72. The average Bonchev–Trinajstić information content (AvgIpc) is 2.92. The van der Waals surface area contributed by atoms with Crippen LogP contribution < -0.4 is 5.32 Å². The molecule has 2 fully saturated rings. The number of hydrogen-bond donors (Lipinski definition) is 1. The molecule has 0 aliphatic carbocycles. The van der Waals surface area contributed by atoms with Crippen LogP contribution in [-0.4, -0.2) is 31.1 Å². The van der Waals surface area contributed by atoms with Gasteiger partial charge in [0.2, 0.25) is 0 Å². The van der Waals surface area contributed by atoms with Crippen LogP contribution in [0.3, 0.4) is 0 Å². The van der Waals surface area contributed by atoms with Crippen molar-refractivity contribution in [3.8, 4) is 6.07 Å². The number of rotatable bonds is 2. The molecule has 2 heterocycles. The molecule has 0 unspecified atom stereocenters. The molecule has 3 nitrogen and oxygen atoms in total. The molecule has 0 saturated carbocycles. The monoisotopic (exact) mass is 245 g/mol. The number of hydrogen-bond acceptors (Lipinski definition) is 3. The summed E-state index contributed by atoms with van der Waals surface area (Å²) in [7, 11) is 0. The third-order valence-corrected chi connectivity index (χ3v) is 4.05. The Morgan fingerprint density at radius 2 is 2.06 bits per heavy atom. The average molecular weight is 245 g/mol. The van der Waals surface area contributed by atoms with Crippen molar-refractivity contribution >= 4 is 0 Å². The molecule has 2 aliphatic rings. The maximum absolute atomic E-state index is 13.1. The molecule has 0 spiro atoms. The Morgan fingerprint density at radius 1 is 1.33 bits per heavy atom. The molecule has 0 radical (unpaired) electrons. The lowest BCUT2D eigenvalue weighted by molar-refractivity contribution is 0.305. The standard InChI is InChI=1S/C14H16FN3/c15-14-2-1-10(11(3-14)4-16)7-18-8-12-5-17-6-13(12)9-18/h1-3,12-13,17H,5-9H2/t12-,13+. The van der Waals surface area contributed by atoms with E-state index in [0.717, 1.165) is 50.1 Å². The summed E-state index contributed by atoms with van der Waals surface area (Å²) in [5, 5.41) is 12.4. The number of nitriles is 1. The van der Waals surface area contributed by atoms with Gasteiger partial charge in [-0.15, -0.1) is 0 Å². The lowest BCUT2D eigenvalue weighted by Gasteiger charge is -2.17. The van der Waals surface area contributed by atoms with E-state index in [2.05, 4.69) is 16.3 Å². The highest BCUT2D eigenvalue weighted by molar-refractivity contribution is 5.37. The Labute approximate surface area is 106 Å². The van der Waals surface area contributed by atoms with E-state index in [1.54, 1.807) is 6.07 Å². The van der Waals surface area contributed by atoms with Crippen molar-refractivity contribution < 1.29 is 4.39 Å². The van der Waals surface area contributed by atoms with Gasteiger partial charge in [0, 0.05) is 19.6 Å². The molecule has 94 valence electrons.